The Kier molecular flexibility index (Phi) is 18.5. The molecule has 20 heteroatoms. The van der Waals surface area contributed by atoms with E-state index in [1.807, 2.05) is 18.2 Å². The van der Waals surface area contributed by atoms with E-state index in [2.05, 4.69) is 36.9 Å². The van der Waals surface area contributed by atoms with Crippen molar-refractivity contribution in [3.8, 4) is 5.75 Å². The number of rotatable bonds is 24. The van der Waals surface area contributed by atoms with Crippen LogP contribution in [0.15, 0.2) is 85.1 Å². The van der Waals surface area contributed by atoms with Gasteiger partial charge in [-0.05, 0) is 60.2 Å². The normalized spacial score (nSPS) is 13.8. The minimum atomic E-state index is -1.68. The van der Waals surface area contributed by atoms with E-state index >= 15 is 0 Å². The van der Waals surface area contributed by atoms with Crippen LogP contribution in [0, 0.1) is 0 Å². The Morgan fingerprint density at radius 2 is 1.22 bits per heavy atom. The first kappa shape index (κ1) is 48.7. The molecule has 0 aliphatic rings. The second-order valence-corrected chi connectivity index (χ2v) is 15.8. The fraction of sp³-hybridized carbons (Fsp3) is 0.349. The number of aromatic amines is 1. The molecule has 1 heterocycles. The van der Waals surface area contributed by atoms with E-state index < -0.39 is 96.5 Å². The van der Waals surface area contributed by atoms with Crippen LogP contribution < -0.4 is 43.4 Å². The van der Waals surface area contributed by atoms with Gasteiger partial charge in [-0.2, -0.15) is 11.8 Å². The number of aliphatic carboxylic acids is 1. The highest BCUT2D eigenvalue weighted by Gasteiger charge is 2.33. The summed E-state index contributed by atoms with van der Waals surface area (Å²) >= 11 is 1.35. The van der Waals surface area contributed by atoms with Crippen LogP contribution in [-0.2, 0) is 57.6 Å². The van der Waals surface area contributed by atoms with Crippen LogP contribution in [0.3, 0.4) is 0 Å². The number of para-hydroxylation sites is 1. The maximum absolute atomic E-state index is 14.2. The van der Waals surface area contributed by atoms with Gasteiger partial charge in [0.15, 0.2) is 0 Å². The fourth-order valence-corrected chi connectivity index (χ4v) is 6.90. The van der Waals surface area contributed by atoms with Gasteiger partial charge < -0.3 is 58.6 Å². The maximum Gasteiger partial charge on any atom is 0.305 e. The number of H-pyrrole nitrogens is 1. The SMILES string of the molecule is CSCC[C@H](NC(=O)[C@H](Cc1c[nH]c2ccccc12)NC(=O)CNC(=O)[C@H](Cc1ccc(O)cc1)NC(=O)[C@H](C)N)C(=O)N[C@@H](CC(=O)O)C(=O)N[C@@H](Cc1ccccc1)C(N)=O. The zero-order chi connectivity index (χ0) is 46.1. The molecule has 63 heavy (non-hydrogen) atoms. The van der Waals surface area contributed by atoms with Crippen molar-refractivity contribution in [3.05, 3.63) is 102 Å². The van der Waals surface area contributed by atoms with Gasteiger partial charge in [0.2, 0.25) is 41.4 Å². The van der Waals surface area contributed by atoms with E-state index in [0.717, 1.165) is 10.9 Å². The lowest BCUT2D eigenvalue weighted by atomic mass is 10.0. The first-order chi connectivity index (χ1) is 30.0. The number of carbonyl (C=O) groups is 8. The summed E-state index contributed by atoms with van der Waals surface area (Å²) in [6.45, 7) is 0.808. The third-order valence-corrected chi connectivity index (χ3v) is 10.4. The summed E-state index contributed by atoms with van der Waals surface area (Å²) in [7, 11) is 0. The number of carbonyl (C=O) groups excluding carboxylic acids is 7. The number of aromatic nitrogens is 1. The molecule has 0 spiro atoms. The summed E-state index contributed by atoms with van der Waals surface area (Å²) in [6.07, 6.45) is 2.49. The number of nitrogens with one attached hydrogen (secondary N) is 7. The predicted octanol–water partition coefficient (Wildman–Crippen LogP) is -0.498. The van der Waals surface area contributed by atoms with Crippen LogP contribution in [0.1, 0.15) is 36.5 Å². The van der Waals surface area contributed by atoms with Crippen LogP contribution in [0.2, 0.25) is 0 Å². The van der Waals surface area contributed by atoms with Crippen LogP contribution in [0.25, 0.3) is 10.9 Å². The highest BCUT2D eigenvalue weighted by Crippen LogP contribution is 2.20. The van der Waals surface area contributed by atoms with Crippen LogP contribution >= 0.6 is 11.8 Å². The molecule has 1 aromatic heterocycles. The Labute approximate surface area is 367 Å². The number of amides is 7. The zero-order valence-electron chi connectivity index (χ0n) is 34.7. The summed E-state index contributed by atoms with van der Waals surface area (Å²) in [5, 5.41) is 35.2. The molecule has 4 aromatic rings. The van der Waals surface area contributed by atoms with E-state index in [-0.39, 0.29) is 31.4 Å². The van der Waals surface area contributed by atoms with Gasteiger partial charge in [0.1, 0.15) is 36.0 Å². The number of primary amides is 1. The summed E-state index contributed by atoms with van der Waals surface area (Å²) in [6, 6.07) is 14.1. The van der Waals surface area contributed by atoms with Crippen molar-refractivity contribution < 1.29 is 48.6 Å². The zero-order valence-corrected chi connectivity index (χ0v) is 35.5. The standard InChI is InChI=1S/C43H53N9O10S/c1-24(44)39(58)51-33(19-26-12-14-28(53)15-13-26)40(59)47-23-36(54)48-34(20-27-22-46-30-11-7-6-10-29(27)30)42(61)49-31(16-17-63-2)41(60)52-35(21-37(55)56)43(62)50-32(38(45)57)18-25-8-4-3-5-9-25/h3-15,22,24,31-35,46,53H,16-21,23,44H2,1-2H3,(H2,45,57)(H,47,59)(H,48,54)(H,49,61)(H,50,62)(H,51,58)(H,52,60)(H,55,56)/t24-,31-,32-,33-,34-,35-/m0/s1. The molecule has 6 atom stereocenters. The van der Waals surface area contributed by atoms with Crippen molar-refractivity contribution >= 4 is 70.0 Å². The fourth-order valence-electron chi connectivity index (χ4n) is 6.42. The molecule has 4 rings (SSSR count). The number of aromatic hydroxyl groups is 1. The molecule has 0 saturated carbocycles. The van der Waals surface area contributed by atoms with Gasteiger partial charge in [-0.3, -0.25) is 38.4 Å². The highest BCUT2D eigenvalue weighted by atomic mass is 32.2. The summed E-state index contributed by atoms with van der Waals surface area (Å²) in [5.74, 6) is -6.85. The van der Waals surface area contributed by atoms with Crippen LogP contribution in [0.4, 0.5) is 0 Å². The average Bonchev–Trinajstić information content (AvgIpc) is 3.66. The summed E-state index contributed by atoms with van der Waals surface area (Å²) in [5.41, 5.74) is 13.9. The largest absolute Gasteiger partial charge is 0.508 e. The Bertz CT molecular complexity index is 2240. The van der Waals surface area contributed by atoms with Crippen molar-refractivity contribution in [2.45, 2.75) is 75.3 Å². The van der Waals surface area contributed by atoms with E-state index in [9.17, 15) is 48.6 Å². The Morgan fingerprint density at radius 3 is 1.87 bits per heavy atom. The first-order valence-corrected chi connectivity index (χ1v) is 21.3. The van der Waals surface area contributed by atoms with E-state index in [0.29, 0.717) is 22.4 Å². The van der Waals surface area contributed by atoms with Gasteiger partial charge in [-0.25, -0.2) is 0 Å². The number of carboxylic acids is 1. The number of hydrogen-bond donors (Lipinski definition) is 11. The molecule has 0 bridgehead atoms. The lowest BCUT2D eigenvalue weighted by molar-refractivity contribution is -0.141. The number of phenols is 1. The molecule has 0 saturated heterocycles. The minimum absolute atomic E-state index is 0.000209. The number of phenolic OH excluding ortho intramolecular Hbond substituents is 1. The third kappa shape index (κ3) is 15.5. The number of fused-ring (bicyclic) bond motifs is 1. The Balaban J connectivity index is 1.52. The summed E-state index contributed by atoms with van der Waals surface area (Å²) in [4.78, 5) is 108. The number of benzene rings is 3. The van der Waals surface area contributed by atoms with Crippen molar-refractivity contribution in [3.63, 3.8) is 0 Å². The van der Waals surface area contributed by atoms with E-state index in [1.165, 1.54) is 30.8 Å². The molecular formula is C43H53N9O10S. The van der Waals surface area contributed by atoms with Gasteiger partial charge in [-0.1, -0.05) is 60.7 Å². The van der Waals surface area contributed by atoms with Gasteiger partial charge in [0.25, 0.3) is 0 Å². The molecule has 0 fully saturated rings. The Hall–Kier alpha value is -6.93. The third-order valence-electron chi connectivity index (χ3n) is 9.79. The van der Waals surface area contributed by atoms with Gasteiger partial charge in [-0.15, -0.1) is 0 Å². The molecule has 0 unspecified atom stereocenters. The maximum atomic E-state index is 14.2. The van der Waals surface area contributed by atoms with Gasteiger partial charge in [0, 0.05) is 36.4 Å². The van der Waals surface area contributed by atoms with Crippen molar-refractivity contribution in [2.75, 3.05) is 18.6 Å². The molecule has 336 valence electrons. The smallest absolute Gasteiger partial charge is 0.305 e. The van der Waals surface area contributed by atoms with Crippen molar-refractivity contribution in [2.24, 2.45) is 11.5 Å². The molecule has 19 nitrogen and oxygen atoms in total. The highest BCUT2D eigenvalue weighted by molar-refractivity contribution is 7.98. The average molecular weight is 888 g/mol. The molecular weight excluding hydrogens is 835 g/mol. The quantitative estimate of drug-likeness (QED) is 0.0425. The molecule has 0 radical (unpaired) electrons. The van der Waals surface area contributed by atoms with Crippen LogP contribution in [-0.4, -0.2) is 117 Å². The number of nitrogens with two attached hydrogens (primary N) is 2. The molecule has 7 amide bonds. The monoisotopic (exact) mass is 887 g/mol. The number of thioether (sulfide) groups is 1. The van der Waals surface area contributed by atoms with Crippen LogP contribution in [0.5, 0.6) is 5.75 Å². The second-order valence-electron chi connectivity index (χ2n) is 14.8. The minimum Gasteiger partial charge on any atom is -0.508 e. The number of carboxylic acid groups (broad SMARTS) is 1. The molecule has 0 aliphatic heterocycles. The lowest BCUT2D eigenvalue weighted by Gasteiger charge is -2.26. The number of hydrogen-bond acceptors (Lipinski definition) is 11. The lowest BCUT2D eigenvalue weighted by Crippen LogP contribution is -2.59. The molecule has 13 N–H and O–H groups in total. The van der Waals surface area contributed by atoms with Gasteiger partial charge >= 0.3 is 5.97 Å². The molecule has 0 aliphatic carbocycles. The van der Waals surface area contributed by atoms with Crippen molar-refractivity contribution in [1.82, 2.24) is 36.9 Å². The predicted molar refractivity (Wildman–Crippen MR) is 235 cm³/mol. The van der Waals surface area contributed by atoms with E-state index in [1.54, 1.807) is 61.0 Å². The second kappa shape index (κ2) is 23.9. The Morgan fingerprint density at radius 1 is 0.667 bits per heavy atom. The topological polar surface area (TPSA) is 317 Å². The van der Waals surface area contributed by atoms with Crippen molar-refractivity contribution in [1.29, 1.82) is 0 Å². The molecule has 3 aromatic carbocycles. The van der Waals surface area contributed by atoms with E-state index in [4.69, 9.17) is 11.5 Å². The first-order valence-electron chi connectivity index (χ1n) is 20.0. The van der Waals surface area contributed by atoms with Gasteiger partial charge in [0.05, 0.1) is 19.0 Å². The summed E-state index contributed by atoms with van der Waals surface area (Å²) < 4.78 is 0.